The summed E-state index contributed by atoms with van der Waals surface area (Å²) in [5.74, 6) is -0.0837. The first-order valence-corrected chi connectivity index (χ1v) is 7.90. The maximum absolute atomic E-state index is 12.2. The molecule has 0 fully saturated rings. The molecule has 0 bridgehead atoms. The van der Waals surface area contributed by atoms with E-state index in [4.69, 9.17) is 14.2 Å². The van der Waals surface area contributed by atoms with Crippen LogP contribution in [0.1, 0.15) is 43.7 Å². The molecule has 2 heterocycles. The molecule has 2 aromatic rings. The lowest BCUT2D eigenvalue weighted by Gasteiger charge is -2.20. The predicted octanol–water partition coefficient (Wildman–Crippen LogP) is 3.18. The zero-order valence-electron chi connectivity index (χ0n) is 15.3. The van der Waals surface area contributed by atoms with Crippen LogP contribution in [0.3, 0.4) is 0 Å². The summed E-state index contributed by atoms with van der Waals surface area (Å²) in [6, 6.07) is 1.61. The third-order valence-electron chi connectivity index (χ3n) is 3.24. The number of ether oxygens (including phenoxy) is 3. The van der Waals surface area contributed by atoms with E-state index in [0.717, 1.165) is 0 Å². The zero-order chi connectivity index (χ0) is 18.8. The van der Waals surface area contributed by atoms with E-state index in [9.17, 15) is 9.59 Å². The van der Waals surface area contributed by atoms with Gasteiger partial charge in [-0.2, -0.15) is 5.10 Å². The third kappa shape index (κ3) is 4.20. The number of nitrogens with one attached hydrogen (secondary N) is 1. The fraction of sp³-hybridized carbons (Fsp3) is 0.471. The van der Waals surface area contributed by atoms with Crippen LogP contribution in [0.5, 0.6) is 5.75 Å². The first kappa shape index (κ1) is 18.6. The number of pyridine rings is 1. The summed E-state index contributed by atoms with van der Waals surface area (Å²) < 4.78 is 17.1. The van der Waals surface area contributed by atoms with E-state index >= 15 is 0 Å². The molecule has 2 rings (SSSR count). The van der Waals surface area contributed by atoms with Gasteiger partial charge in [-0.25, -0.2) is 14.1 Å². The number of esters is 1. The van der Waals surface area contributed by atoms with Crippen molar-refractivity contribution in [2.45, 2.75) is 40.2 Å². The van der Waals surface area contributed by atoms with Gasteiger partial charge in [-0.3, -0.25) is 5.32 Å². The van der Waals surface area contributed by atoms with E-state index in [1.165, 1.54) is 11.6 Å². The molecular weight excluding hydrogens is 326 g/mol. The van der Waals surface area contributed by atoms with Crippen LogP contribution in [-0.4, -0.2) is 41.0 Å². The minimum atomic E-state index is -0.634. The molecule has 0 atom stereocenters. The van der Waals surface area contributed by atoms with Crippen LogP contribution in [0, 0.1) is 6.92 Å². The molecule has 2 aromatic heterocycles. The van der Waals surface area contributed by atoms with Crippen molar-refractivity contribution in [2.24, 2.45) is 0 Å². The highest BCUT2D eigenvalue weighted by Gasteiger charge is 2.22. The molecule has 0 aliphatic heterocycles. The summed E-state index contributed by atoms with van der Waals surface area (Å²) >= 11 is 0. The number of methoxy groups -OCH3 is 1. The van der Waals surface area contributed by atoms with Gasteiger partial charge in [-0.1, -0.05) is 0 Å². The van der Waals surface area contributed by atoms with Crippen molar-refractivity contribution in [3.8, 4) is 5.75 Å². The average Bonchev–Trinajstić information content (AvgIpc) is 2.79. The van der Waals surface area contributed by atoms with Crippen molar-refractivity contribution in [1.82, 2.24) is 9.61 Å². The fourth-order valence-corrected chi connectivity index (χ4v) is 2.32. The Morgan fingerprint density at radius 1 is 1.32 bits per heavy atom. The normalized spacial score (nSPS) is 11.3. The van der Waals surface area contributed by atoms with Crippen LogP contribution in [0.15, 0.2) is 12.3 Å². The number of carbonyl (C=O) groups excluding carboxylic acids is 2. The molecule has 0 saturated carbocycles. The van der Waals surface area contributed by atoms with E-state index < -0.39 is 17.7 Å². The van der Waals surface area contributed by atoms with Crippen molar-refractivity contribution < 1.29 is 23.8 Å². The van der Waals surface area contributed by atoms with Crippen molar-refractivity contribution in [2.75, 3.05) is 19.0 Å². The Bertz CT molecular complexity index is 805. The molecule has 0 radical (unpaired) electrons. The van der Waals surface area contributed by atoms with E-state index in [2.05, 4.69) is 10.4 Å². The Balaban J connectivity index is 2.47. The van der Waals surface area contributed by atoms with Crippen LogP contribution in [0.2, 0.25) is 0 Å². The average molecular weight is 349 g/mol. The second kappa shape index (κ2) is 7.00. The standard InChI is InChI=1S/C17H23N3O5/c1-7-24-15(21)14-10(2)19-20-9-13(23-6)11(8-12(14)20)18-16(22)25-17(3,4)5/h8-9H,7H2,1-6H3,(H,18,22). The topological polar surface area (TPSA) is 91.2 Å². The van der Waals surface area contributed by atoms with Gasteiger partial charge in [-0.05, 0) is 40.7 Å². The lowest BCUT2D eigenvalue weighted by molar-refractivity contribution is 0.0527. The van der Waals surface area contributed by atoms with Gasteiger partial charge >= 0.3 is 12.1 Å². The highest BCUT2D eigenvalue weighted by molar-refractivity contribution is 5.99. The largest absolute Gasteiger partial charge is 0.493 e. The molecule has 0 saturated heterocycles. The Morgan fingerprint density at radius 2 is 2.00 bits per heavy atom. The Hall–Kier alpha value is -2.77. The molecule has 0 aromatic carbocycles. The molecule has 0 aliphatic rings. The molecule has 25 heavy (non-hydrogen) atoms. The van der Waals surface area contributed by atoms with Crippen LogP contribution in [-0.2, 0) is 9.47 Å². The highest BCUT2D eigenvalue weighted by Crippen LogP contribution is 2.29. The Morgan fingerprint density at radius 3 is 2.56 bits per heavy atom. The molecular formula is C17H23N3O5. The van der Waals surface area contributed by atoms with E-state index in [-0.39, 0.29) is 6.61 Å². The van der Waals surface area contributed by atoms with Gasteiger partial charge in [0.15, 0.2) is 5.75 Å². The third-order valence-corrected chi connectivity index (χ3v) is 3.24. The summed E-state index contributed by atoms with van der Waals surface area (Å²) in [5, 5.41) is 6.93. The van der Waals surface area contributed by atoms with Gasteiger partial charge in [0.1, 0.15) is 11.2 Å². The molecule has 136 valence electrons. The SMILES string of the molecule is CCOC(=O)c1c(C)nn2cc(OC)c(NC(=O)OC(C)(C)C)cc12. The number of anilines is 1. The minimum absolute atomic E-state index is 0.259. The number of hydrogen-bond donors (Lipinski definition) is 1. The molecule has 8 heteroatoms. The summed E-state index contributed by atoms with van der Waals surface area (Å²) in [5.41, 5.74) is 1.11. The number of carbonyl (C=O) groups is 2. The number of aromatic nitrogens is 2. The second-order valence-corrected chi connectivity index (χ2v) is 6.39. The molecule has 1 N–H and O–H groups in total. The Kier molecular flexibility index (Phi) is 5.20. The van der Waals surface area contributed by atoms with Gasteiger partial charge in [0.2, 0.25) is 0 Å². The maximum atomic E-state index is 12.2. The summed E-state index contributed by atoms with van der Waals surface area (Å²) in [7, 11) is 1.48. The predicted molar refractivity (Wildman–Crippen MR) is 92.3 cm³/mol. The lowest BCUT2D eigenvalue weighted by atomic mass is 10.2. The summed E-state index contributed by atoms with van der Waals surface area (Å²) in [4.78, 5) is 24.3. The van der Waals surface area contributed by atoms with Crippen LogP contribution in [0.4, 0.5) is 10.5 Å². The quantitative estimate of drug-likeness (QED) is 0.853. The Labute approximate surface area is 146 Å². The first-order chi connectivity index (χ1) is 11.7. The van der Waals surface area contributed by atoms with Crippen molar-refractivity contribution >= 4 is 23.3 Å². The van der Waals surface area contributed by atoms with Gasteiger partial charge in [-0.15, -0.1) is 0 Å². The number of aryl methyl sites for hydroxylation is 1. The fourth-order valence-electron chi connectivity index (χ4n) is 2.32. The number of hydrogen-bond acceptors (Lipinski definition) is 6. The maximum Gasteiger partial charge on any atom is 0.412 e. The molecule has 8 nitrogen and oxygen atoms in total. The molecule has 1 amide bonds. The van der Waals surface area contributed by atoms with Gasteiger partial charge in [0.05, 0.1) is 36.8 Å². The summed E-state index contributed by atoms with van der Waals surface area (Å²) in [6.45, 7) is 9.02. The van der Waals surface area contributed by atoms with Crippen molar-refractivity contribution in [3.63, 3.8) is 0 Å². The summed E-state index contributed by atoms with van der Waals surface area (Å²) in [6.07, 6.45) is 0.960. The van der Waals surface area contributed by atoms with Crippen molar-refractivity contribution in [1.29, 1.82) is 0 Å². The number of amides is 1. The van der Waals surface area contributed by atoms with Gasteiger partial charge in [0.25, 0.3) is 0 Å². The molecule has 0 unspecified atom stereocenters. The molecule has 0 aliphatic carbocycles. The first-order valence-electron chi connectivity index (χ1n) is 7.90. The van der Waals surface area contributed by atoms with Crippen LogP contribution in [0.25, 0.3) is 5.52 Å². The van der Waals surface area contributed by atoms with Crippen molar-refractivity contribution in [3.05, 3.63) is 23.5 Å². The zero-order valence-corrected chi connectivity index (χ0v) is 15.3. The van der Waals surface area contributed by atoms with Crippen LogP contribution >= 0.6 is 0 Å². The van der Waals surface area contributed by atoms with E-state index in [0.29, 0.717) is 28.2 Å². The minimum Gasteiger partial charge on any atom is -0.493 e. The molecule has 0 spiro atoms. The van der Waals surface area contributed by atoms with Crippen LogP contribution < -0.4 is 10.1 Å². The number of rotatable bonds is 4. The lowest BCUT2D eigenvalue weighted by Crippen LogP contribution is -2.27. The monoisotopic (exact) mass is 349 g/mol. The van der Waals surface area contributed by atoms with E-state index in [1.54, 1.807) is 46.9 Å². The van der Waals surface area contributed by atoms with E-state index in [1.807, 2.05) is 0 Å². The number of nitrogens with zero attached hydrogens (tertiary/aromatic N) is 2. The highest BCUT2D eigenvalue weighted by atomic mass is 16.6. The van der Waals surface area contributed by atoms with Gasteiger partial charge in [0, 0.05) is 0 Å². The second-order valence-electron chi connectivity index (χ2n) is 6.39. The van der Waals surface area contributed by atoms with Gasteiger partial charge < -0.3 is 14.2 Å². The number of fused-ring (bicyclic) bond motifs is 1. The smallest absolute Gasteiger partial charge is 0.412 e.